The van der Waals surface area contributed by atoms with Crippen LogP contribution in [0.25, 0.3) is 0 Å². The Hall–Kier alpha value is -2.54. The number of hydrogen-bond acceptors (Lipinski definition) is 5. The summed E-state index contributed by atoms with van der Waals surface area (Å²) in [6.07, 6.45) is 3.62. The molecule has 1 aromatic carbocycles. The highest BCUT2D eigenvalue weighted by molar-refractivity contribution is 7.97. The molecule has 2 amide bonds. The lowest BCUT2D eigenvalue weighted by Crippen LogP contribution is -2.35. The minimum absolute atomic E-state index is 0.163. The van der Waals surface area contributed by atoms with E-state index in [0.717, 1.165) is 11.3 Å². The summed E-state index contributed by atoms with van der Waals surface area (Å²) in [5.41, 5.74) is 2.44. The van der Waals surface area contributed by atoms with Gasteiger partial charge in [-0.2, -0.15) is 11.8 Å². The summed E-state index contributed by atoms with van der Waals surface area (Å²) < 4.78 is 5.10. The Morgan fingerprint density at radius 1 is 1.17 bits per heavy atom. The summed E-state index contributed by atoms with van der Waals surface area (Å²) in [5.74, 6) is -0.103. The van der Waals surface area contributed by atoms with Gasteiger partial charge in [0.15, 0.2) is 0 Å². The molecule has 6 nitrogen and oxygen atoms in total. The highest BCUT2D eigenvalue weighted by Crippen LogP contribution is 2.14. The maximum atomic E-state index is 11.9. The van der Waals surface area contributed by atoms with E-state index in [4.69, 9.17) is 4.74 Å². The number of carbonyl (C=O) groups is 2. The fraction of sp³-hybridized carbons (Fsp3) is 0.235. The van der Waals surface area contributed by atoms with Crippen LogP contribution in [0.3, 0.4) is 0 Å². The minimum atomic E-state index is -0.714. The van der Waals surface area contributed by atoms with Crippen molar-refractivity contribution >= 4 is 29.3 Å². The van der Waals surface area contributed by atoms with Crippen molar-refractivity contribution < 1.29 is 14.3 Å². The molecule has 1 heterocycles. The Bertz CT molecular complexity index is 704. The second-order valence-corrected chi connectivity index (χ2v) is 5.80. The van der Waals surface area contributed by atoms with Crippen molar-refractivity contribution in [3.63, 3.8) is 0 Å². The third kappa shape index (κ3) is 4.99. The van der Waals surface area contributed by atoms with Gasteiger partial charge in [-0.05, 0) is 30.0 Å². The van der Waals surface area contributed by atoms with Crippen LogP contribution < -0.4 is 15.4 Å². The zero-order chi connectivity index (χ0) is 17.4. The molecule has 0 atom stereocenters. The number of hydrogen-bond donors (Lipinski definition) is 2. The van der Waals surface area contributed by atoms with E-state index in [9.17, 15) is 9.59 Å². The molecule has 0 fully saturated rings. The Morgan fingerprint density at radius 3 is 2.58 bits per heavy atom. The van der Waals surface area contributed by atoms with Crippen LogP contribution in [0.5, 0.6) is 5.88 Å². The maximum Gasteiger partial charge on any atom is 0.313 e. The van der Waals surface area contributed by atoms with Crippen molar-refractivity contribution in [2.75, 3.05) is 18.7 Å². The SMILES string of the molecule is COc1ncccc1CNC(=O)C(=O)Nc1ccc(CSC)cc1. The highest BCUT2D eigenvalue weighted by Gasteiger charge is 2.14. The fourth-order valence-electron chi connectivity index (χ4n) is 2.04. The molecule has 24 heavy (non-hydrogen) atoms. The Labute approximate surface area is 145 Å². The van der Waals surface area contributed by atoms with Gasteiger partial charge in [-0.1, -0.05) is 18.2 Å². The van der Waals surface area contributed by atoms with E-state index in [1.54, 1.807) is 42.2 Å². The maximum absolute atomic E-state index is 11.9. The van der Waals surface area contributed by atoms with E-state index >= 15 is 0 Å². The molecule has 0 spiro atoms. The third-order valence-electron chi connectivity index (χ3n) is 3.21. The molecule has 1 aromatic heterocycles. The van der Waals surface area contributed by atoms with Crippen molar-refractivity contribution in [2.24, 2.45) is 0 Å². The number of methoxy groups -OCH3 is 1. The van der Waals surface area contributed by atoms with E-state index in [1.165, 1.54) is 7.11 Å². The molecule has 126 valence electrons. The molecule has 0 bridgehead atoms. The first kappa shape index (κ1) is 17.8. The fourth-order valence-corrected chi connectivity index (χ4v) is 2.56. The molecular formula is C17H19N3O3S. The number of aromatic nitrogens is 1. The second-order valence-electron chi connectivity index (χ2n) is 4.94. The van der Waals surface area contributed by atoms with E-state index in [1.807, 2.05) is 18.4 Å². The highest BCUT2D eigenvalue weighted by atomic mass is 32.2. The van der Waals surface area contributed by atoms with E-state index < -0.39 is 11.8 Å². The molecule has 7 heteroatoms. The zero-order valence-corrected chi connectivity index (χ0v) is 14.4. The summed E-state index contributed by atoms with van der Waals surface area (Å²) in [5, 5.41) is 5.12. The Morgan fingerprint density at radius 2 is 1.92 bits per heavy atom. The topological polar surface area (TPSA) is 80.3 Å². The molecule has 0 aliphatic rings. The van der Waals surface area contributed by atoms with Crippen LogP contribution in [0, 0.1) is 0 Å². The standard InChI is InChI=1S/C17H19N3O3S/c1-23-17-13(4-3-9-18-17)10-19-15(21)16(22)20-14-7-5-12(6-8-14)11-24-2/h3-9H,10-11H2,1-2H3,(H,19,21)(H,20,22). The minimum Gasteiger partial charge on any atom is -0.481 e. The van der Waals surface area contributed by atoms with Gasteiger partial charge < -0.3 is 15.4 Å². The van der Waals surface area contributed by atoms with Gasteiger partial charge in [-0.25, -0.2) is 4.98 Å². The zero-order valence-electron chi connectivity index (χ0n) is 13.5. The number of amides is 2. The van der Waals surface area contributed by atoms with Gasteiger partial charge in [-0.3, -0.25) is 9.59 Å². The molecular weight excluding hydrogens is 326 g/mol. The second kappa shape index (κ2) is 8.93. The van der Waals surface area contributed by atoms with Gasteiger partial charge in [-0.15, -0.1) is 0 Å². The lowest BCUT2D eigenvalue weighted by Gasteiger charge is -2.09. The Balaban J connectivity index is 1.89. The smallest absolute Gasteiger partial charge is 0.313 e. The van der Waals surface area contributed by atoms with Crippen LogP contribution in [-0.2, 0) is 21.9 Å². The van der Waals surface area contributed by atoms with Crippen LogP contribution >= 0.6 is 11.8 Å². The van der Waals surface area contributed by atoms with Crippen LogP contribution in [0.4, 0.5) is 5.69 Å². The lowest BCUT2D eigenvalue weighted by atomic mass is 10.2. The van der Waals surface area contributed by atoms with Gasteiger partial charge in [0.25, 0.3) is 0 Å². The first-order valence-electron chi connectivity index (χ1n) is 7.29. The number of nitrogens with zero attached hydrogens (tertiary/aromatic N) is 1. The molecule has 0 saturated carbocycles. The van der Waals surface area contributed by atoms with Gasteiger partial charge in [0.1, 0.15) is 0 Å². The van der Waals surface area contributed by atoms with Gasteiger partial charge in [0.05, 0.1) is 7.11 Å². The summed E-state index contributed by atoms with van der Waals surface area (Å²) in [7, 11) is 1.50. The predicted molar refractivity (Wildman–Crippen MR) is 94.9 cm³/mol. The number of rotatable bonds is 6. The van der Waals surface area contributed by atoms with Crippen molar-refractivity contribution in [1.29, 1.82) is 0 Å². The summed E-state index contributed by atoms with van der Waals surface area (Å²) in [4.78, 5) is 27.9. The van der Waals surface area contributed by atoms with Gasteiger partial charge >= 0.3 is 11.8 Å². The molecule has 0 saturated heterocycles. The number of pyridine rings is 1. The molecule has 0 radical (unpaired) electrons. The first-order valence-corrected chi connectivity index (χ1v) is 8.68. The average Bonchev–Trinajstić information content (AvgIpc) is 2.61. The predicted octanol–water partition coefficient (Wildman–Crippen LogP) is 2.21. The quantitative estimate of drug-likeness (QED) is 0.785. The monoisotopic (exact) mass is 345 g/mol. The number of anilines is 1. The molecule has 0 unspecified atom stereocenters. The molecule has 2 rings (SSSR count). The van der Waals surface area contributed by atoms with Crippen molar-refractivity contribution in [2.45, 2.75) is 12.3 Å². The van der Waals surface area contributed by atoms with E-state index in [2.05, 4.69) is 15.6 Å². The van der Waals surface area contributed by atoms with Crippen LogP contribution in [0.1, 0.15) is 11.1 Å². The van der Waals surface area contributed by atoms with Crippen molar-refractivity contribution in [3.05, 3.63) is 53.7 Å². The number of benzene rings is 1. The first-order chi connectivity index (χ1) is 11.6. The lowest BCUT2D eigenvalue weighted by molar-refractivity contribution is -0.136. The van der Waals surface area contributed by atoms with Gasteiger partial charge in [0.2, 0.25) is 5.88 Å². The number of nitrogens with one attached hydrogen (secondary N) is 2. The summed E-state index contributed by atoms with van der Waals surface area (Å²) in [6.45, 7) is 0.163. The summed E-state index contributed by atoms with van der Waals surface area (Å²) in [6, 6.07) is 10.9. The molecule has 2 aromatic rings. The van der Waals surface area contributed by atoms with Crippen molar-refractivity contribution in [1.82, 2.24) is 10.3 Å². The van der Waals surface area contributed by atoms with Gasteiger partial charge in [0, 0.05) is 29.7 Å². The molecule has 0 aliphatic heterocycles. The van der Waals surface area contributed by atoms with Crippen molar-refractivity contribution in [3.8, 4) is 5.88 Å². The largest absolute Gasteiger partial charge is 0.481 e. The third-order valence-corrected chi connectivity index (χ3v) is 3.83. The van der Waals surface area contributed by atoms with E-state index in [0.29, 0.717) is 17.1 Å². The molecule has 0 aliphatic carbocycles. The number of thioether (sulfide) groups is 1. The average molecular weight is 345 g/mol. The number of ether oxygens (including phenoxy) is 1. The van der Waals surface area contributed by atoms with Crippen LogP contribution in [-0.4, -0.2) is 30.2 Å². The van der Waals surface area contributed by atoms with Crippen LogP contribution in [0.15, 0.2) is 42.6 Å². The number of carbonyl (C=O) groups excluding carboxylic acids is 2. The van der Waals surface area contributed by atoms with E-state index in [-0.39, 0.29) is 6.54 Å². The molecule has 2 N–H and O–H groups in total. The van der Waals surface area contributed by atoms with Crippen LogP contribution in [0.2, 0.25) is 0 Å². The normalized spacial score (nSPS) is 10.1. The Kier molecular flexibility index (Phi) is 6.62. The summed E-state index contributed by atoms with van der Waals surface area (Å²) >= 11 is 1.72.